The Bertz CT molecular complexity index is 2040. The van der Waals surface area contributed by atoms with Gasteiger partial charge in [0.1, 0.15) is 41.1 Å². The summed E-state index contributed by atoms with van der Waals surface area (Å²) >= 11 is 12.3. The first-order chi connectivity index (χ1) is 21.1. The third-order valence-electron chi connectivity index (χ3n) is 7.56. The number of ether oxygens (including phenoxy) is 3. The summed E-state index contributed by atoms with van der Waals surface area (Å²) in [5.41, 5.74) is 12.1. The van der Waals surface area contributed by atoms with Crippen LogP contribution >= 0.6 is 23.2 Å². The monoisotopic (exact) mass is 624 g/mol. The molecule has 220 valence electrons. The zero-order valence-corrected chi connectivity index (χ0v) is 25.5. The minimum absolute atomic E-state index is 0.0354. The number of halogens is 2. The SMILES string of the molecule is Cc1cc(C)c2c(C)c(C(=O)Oc3ccc4c(c3)OC(N)=C(C#N)C4c3cccc(OCc4ccc(Cl)cc4Cl)c3)oc2c1. The van der Waals surface area contributed by atoms with Gasteiger partial charge in [0.25, 0.3) is 0 Å². The zero-order valence-electron chi connectivity index (χ0n) is 24.0. The van der Waals surface area contributed by atoms with Crippen LogP contribution in [0.2, 0.25) is 10.0 Å². The molecule has 7 nitrogen and oxygen atoms in total. The van der Waals surface area contributed by atoms with Crippen molar-refractivity contribution in [3.05, 3.63) is 133 Å². The highest BCUT2D eigenvalue weighted by atomic mass is 35.5. The maximum absolute atomic E-state index is 13.2. The number of benzene rings is 4. The lowest BCUT2D eigenvalue weighted by molar-refractivity contribution is 0.0702. The standard InChI is InChI=1S/C35H26Cl2N2O5/c1-18-11-19(2)31-20(3)33(43-30(31)12-18)35(40)42-25-9-10-26-29(15-25)44-34(39)27(16-38)32(26)21-5-4-6-24(13-21)41-17-22-7-8-23(36)14-28(22)37/h4-15,32H,17,39H2,1-3H3. The Morgan fingerprint density at radius 2 is 1.82 bits per heavy atom. The van der Waals surface area contributed by atoms with E-state index in [-0.39, 0.29) is 29.6 Å². The molecule has 4 aromatic carbocycles. The molecule has 0 aliphatic carbocycles. The molecule has 0 saturated carbocycles. The highest BCUT2D eigenvalue weighted by molar-refractivity contribution is 6.35. The van der Waals surface area contributed by atoms with Crippen molar-refractivity contribution >= 4 is 40.1 Å². The highest BCUT2D eigenvalue weighted by Crippen LogP contribution is 2.44. The van der Waals surface area contributed by atoms with Gasteiger partial charge in [0.2, 0.25) is 11.6 Å². The van der Waals surface area contributed by atoms with Crippen LogP contribution in [0.15, 0.2) is 88.7 Å². The van der Waals surface area contributed by atoms with E-state index in [1.807, 2.05) is 63.2 Å². The summed E-state index contributed by atoms with van der Waals surface area (Å²) in [5, 5.41) is 12.0. The van der Waals surface area contributed by atoms with Crippen LogP contribution in [0, 0.1) is 32.1 Å². The minimum atomic E-state index is -0.630. The molecule has 44 heavy (non-hydrogen) atoms. The average Bonchev–Trinajstić information content (AvgIpc) is 3.32. The van der Waals surface area contributed by atoms with Gasteiger partial charge in [-0.3, -0.25) is 0 Å². The van der Waals surface area contributed by atoms with Gasteiger partial charge in [-0.05, 0) is 73.9 Å². The molecule has 5 aromatic rings. The predicted octanol–water partition coefficient (Wildman–Crippen LogP) is 8.68. The lowest BCUT2D eigenvalue weighted by atomic mass is 9.83. The fraction of sp³-hybridized carbons (Fsp3) is 0.143. The number of nitrogens with two attached hydrogens (primary N) is 1. The normalized spacial score (nSPS) is 14.1. The van der Waals surface area contributed by atoms with Crippen molar-refractivity contribution < 1.29 is 23.4 Å². The fourth-order valence-corrected chi connectivity index (χ4v) is 6.03. The van der Waals surface area contributed by atoms with E-state index in [4.69, 9.17) is 47.6 Å². The van der Waals surface area contributed by atoms with Gasteiger partial charge in [-0.1, -0.05) is 53.5 Å². The fourth-order valence-electron chi connectivity index (χ4n) is 5.56. The topological polar surface area (TPSA) is 108 Å². The van der Waals surface area contributed by atoms with E-state index in [0.717, 1.165) is 27.6 Å². The first kappa shape index (κ1) is 29.2. The molecule has 1 aromatic heterocycles. The Morgan fingerprint density at radius 1 is 1.00 bits per heavy atom. The first-order valence-electron chi connectivity index (χ1n) is 13.7. The van der Waals surface area contributed by atoms with Gasteiger partial charge in [-0.25, -0.2) is 4.79 Å². The zero-order chi connectivity index (χ0) is 31.1. The van der Waals surface area contributed by atoms with Crippen molar-refractivity contribution in [3.63, 3.8) is 0 Å². The van der Waals surface area contributed by atoms with Crippen molar-refractivity contribution in [2.75, 3.05) is 0 Å². The minimum Gasteiger partial charge on any atom is -0.489 e. The van der Waals surface area contributed by atoms with Crippen LogP contribution in [-0.2, 0) is 6.61 Å². The Kier molecular flexibility index (Phi) is 7.73. The summed E-state index contributed by atoms with van der Waals surface area (Å²) in [6.07, 6.45) is 0. The molecule has 9 heteroatoms. The van der Waals surface area contributed by atoms with Crippen LogP contribution in [0.3, 0.4) is 0 Å². The summed E-state index contributed by atoms with van der Waals surface area (Å²) in [6, 6.07) is 23.7. The molecular formula is C35H26Cl2N2O5. The number of rotatable bonds is 6. The van der Waals surface area contributed by atoms with E-state index in [1.54, 1.807) is 30.3 Å². The quantitative estimate of drug-likeness (QED) is 0.149. The largest absolute Gasteiger partial charge is 0.489 e. The number of esters is 1. The van der Waals surface area contributed by atoms with E-state index in [0.29, 0.717) is 38.3 Å². The number of nitrogens with zero attached hydrogens (tertiary/aromatic N) is 1. The molecule has 2 heterocycles. The van der Waals surface area contributed by atoms with E-state index in [9.17, 15) is 10.1 Å². The van der Waals surface area contributed by atoms with Crippen molar-refractivity contribution in [2.24, 2.45) is 5.73 Å². The van der Waals surface area contributed by atoms with Crippen LogP contribution in [0.4, 0.5) is 0 Å². The van der Waals surface area contributed by atoms with Gasteiger partial charge in [0.05, 0.1) is 5.92 Å². The van der Waals surface area contributed by atoms with Gasteiger partial charge in [0, 0.05) is 38.2 Å². The summed E-state index contributed by atoms with van der Waals surface area (Å²) in [5.74, 6) is 0.110. The molecule has 1 unspecified atom stereocenters. The predicted molar refractivity (Wildman–Crippen MR) is 168 cm³/mol. The Hall–Kier alpha value is -4.90. The number of allylic oxidation sites excluding steroid dienone is 1. The molecule has 1 aliphatic rings. The molecule has 6 rings (SSSR count). The number of carbonyl (C=O) groups is 1. The van der Waals surface area contributed by atoms with Crippen LogP contribution in [-0.4, -0.2) is 5.97 Å². The van der Waals surface area contributed by atoms with Gasteiger partial charge in [-0.15, -0.1) is 0 Å². The molecular weight excluding hydrogens is 599 g/mol. The second kappa shape index (κ2) is 11.6. The second-order valence-electron chi connectivity index (χ2n) is 10.6. The van der Waals surface area contributed by atoms with E-state index in [2.05, 4.69) is 6.07 Å². The second-order valence-corrected chi connectivity index (χ2v) is 11.5. The number of fused-ring (bicyclic) bond motifs is 2. The molecule has 0 bridgehead atoms. The maximum Gasteiger partial charge on any atom is 0.379 e. The first-order valence-corrected chi connectivity index (χ1v) is 14.5. The Labute approximate surface area is 264 Å². The number of aryl methyl sites for hydroxylation is 3. The van der Waals surface area contributed by atoms with Crippen LogP contribution in [0.1, 0.15) is 49.9 Å². The molecule has 1 atom stereocenters. The van der Waals surface area contributed by atoms with Crippen LogP contribution in [0.25, 0.3) is 11.0 Å². The lowest BCUT2D eigenvalue weighted by Crippen LogP contribution is -2.21. The van der Waals surface area contributed by atoms with Gasteiger partial charge in [0.15, 0.2) is 0 Å². The number of nitriles is 1. The smallest absolute Gasteiger partial charge is 0.379 e. The number of hydrogen-bond donors (Lipinski definition) is 1. The molecule has 0 radical (unpaired) electrons. The van der Waals surface area contributed by atoms with E-state index >= 15 is 0 Å². The third-order valence-corrected chi connectivity index (χ3v) is 8.15. The number of furan rings is 1. The van der Waals surface area contributed by atoms with Crippen molar-refractivity contribution in [2.45, 2.75) is 33.3 Å². The molecule has 1 aliphatic heterocycles. The van der Waals surface area contributed by atoms with E-state index < -0.39 is 11.9 Å². The average molecular weight is 626 g/mol. The Balaban J connectivity index is 1.28. The van der Waals surface area contributed by atoms with E-state index in [1.165, 1.54) is 0 Å². The number of carbonyl (C=O) groups excluding carboxylic acids is 1. The van der Waals surface area contributed by atoms with Crippen molar-refractivity contribution in [3.8, 4) is 23.3 Å². The van der Waals surface area contributed by atoms with Gasteiger partial charge < -0.3 is 24.4 Å². The van der Waals surface area contributed by atoms with Gasteiger partial charge >= 0.3 is 5.97 Å². The molecule has 0 spiro atoms. The highest BCUT2D eigenvalue weighted by Gasteiger charge is 2.32. The lowest BCUT2D eigenvalue weighted by Gasteiger charge is -2.27. The number of hydrogen-bond acceptors (Lipinski definition) is 7. The molecule has 0 fully saturated rings. The van der Waals surface area contributed by atoms with Gasteiger partial charge in [-0.2, -0.15) is 5.26 Å². The summed E-state index contributed by atoms with van der Waals surface area (Å²) in [4.78, 5) is 13.2. The summed E-state index contributed by atoms with van der Waals surface area (Å²) in [6.45, 7) is 6.02. The molecule has 2 N–H and O–H groups in total. The third kappa shape index (κ3) is 5.46. The van der Waals surface area contributed by atoms with Crippen LogP contribution in [0.5, 0.6) is 17.2 Å². The Morgan fingerprint density at radius 3 is 2.59 bits per heavy atom. The van der Waals surface area contributed by atoms with Crippen molar-refractivity contribution in [1.82, 2.24) is 0 Å². The summed E-state index contributed by atoms with van der Waals surface area (Å²) < 4.78 is 23.5. The van der Waals surface area contributed by atoms with Crippen molar-refractivity contribution in [1.29, 1.82) is 5.26 Å². The summed E-state index contributed by atoms with van der Waals surface area (Å²) in [7, 11) is 0. The maximum atomic E-state index is 13.2. The van der Waals surface area contributed by atoms with Crippen LogP contribution < -0.4 is 19.9 Å². The molecule has 0 saturated heterocycles. The molecule has 0 amide bonds.